The van der Waals surface area contributed by atoms with Crippen LogP contribution in [-0.4, -0.2) is 38.7 Å². The Balaban J connectivity index is 0.00000576. The highest BCUT2D eigenvalue weighted by atomic mass is 127. The van der Waals surface area contributed by atoms with Crippen molar-refractivity contribution in [3.63, 3.8) is 0 Å². The maximum absolute atomic E-state index is 11.7. The third-order valence-electron chi connectivity index (χ3n) is 3.39. The average molecular weight is 462 g/mol. The van der Waals surface area contributed by atoms with E-state index in [2.05, 4.69) is 20.9 Å². The molecule has 0 aliphatic heterocycles. The number of nitrogens with zero attached hydrogens (tertiary/aromatic N) is 1. The van der Waals surface area contributed by atoms with Crippen LogP contribution in [0.1, 0.15) is 32.8 Å². The van der Waals surface area contributed by atoms with E-state index in [0.29, 0.717) is 6.54 Å². The molecule has 0 aliphatic carbocycles. The van der Waals surface area contributed by atoms with Crippen molar-refractivity contribution in [3.8, 4) is 0 Å². The summed E-state index contributed by atoms with van der Waals surface area (Å²) in [7, 11) is 1.75. The number of hydrogen-bond acceptors (Lipinski definition) is 3. The van der Waals surface area contributed by atoms with Crippen LogP contribution in [0.3, 0.4) is 0 Å². The second-order valence-corrected chi connectivity index (χ2v) is 5.74. The summed E-state index contributed by atoms with van der Waals surface area (Å²) in [6.07, 6.45) is 0.943. The van der Waals surface area contributed by atoms with E-state index in [9.17, 15) is 4.79 Å². The molecule has 0 fully saturated rings. The monoisotopic (exact) mass is 462 g/mol. The van der Waals surface area contributed by atoms with Crippen LogP contribution in [0.5, 0.6) is 0 Å². The largest absolute Gasteiger partial charge is 0.382 e. The third-order valence-corrected chi connectivity index (χ3v) is 3.39. The predicted octanol–water partition coefficient (Wildman–Crippen LogP) is 2.99. The molecule has 0 unspecified atom stereocenters. The van der Waals surface area contributed by atoms with E-state index >= 15 is 0 Å². The molecule has 3 N–H and O–H groups in total. The molecule has 0 saturated heterocycles. The fourth-order valence-corrected chi connectivity index (χ4v) is 1.92. The zero-order valence-corrected chi connectivity index (χ0v) is 17.9. The van der Waals surface area contributed by atoms with E-state index in [1.807, 2.05) is 45.0 Å². The van der Waals surface area contributed by atoms with Crippen LogP contribution in [0.4, 0.5) is 5.69 Å². The molecular formula is C18H31IN4O2. The highest BCUT2D eigenvalue weighted by Crippen LogP contribution is 2.10. The molecule has 0 saturated carbocycles. The summed E-state index contributed by atoms with van der Waals surface area (Å²) >= 11 is 0. The molecule has 1 rings (SSSR count). The molecule has 0 radical (unpaired) electrons. The third kappa shape index (κ3) is 10.3. The van der Waals surface area contributed by atoms with Gasteiger partial charge < -0.3 is 20.7 Å². The number of nitrogens with one attached hydrogen (secondary N) is 3. The first-order chi connectivity index (χ1) is 11.6. The molecule has 7 heteroatoms. The molecule has 1 aromatic rings. The summed E-state index contributed by atoms with van der Waals surface area (Å²) in [5.41, 5.74) is 1.94. The molecule has 0 atom stereocenters. The van der Waals surface area contributed by atoms with Crippen molar-refractivity contribution in [3.05, 3.63) is 29.8 Å². The lowest BCUT2D eigenvalue weighted by Gasteiger charge is -2.12. The Labute approximate surface area is 168 Å². The van der Waals surface area contributed by atoms with Crippen molar-refractivity contribution in [2.24, 2.45) is 10.9 Å². The van der Waals surface area contributed by atoms with Gasteiger partial charge in [0, 0.05) is 45.0 Å². The lowest BCUT2D eigenvalue weighted by molar-refractivity contribution is -0.118. The number of amides is 1. The normalized spacial score (nSPS) is 11.0. The Morgan fingerprint density at radius 3 is 2.44 bits per heavy atom. The molecule has 25 heavy (non-hydrogen) atoms. The number of anilines is 1. The van der Waals surface area contributed by atoms with Crippen molar-refractivity contribution in [1.82, 2.24) is 10.6 Å². The van der Waals surface area contributed by atoms with E-state index in [-0.39, 0.29) is 35.8 Å². The molecule has 0 aliphatic rings. The minimum Gasteiger partial charge on any atom is -0.382 e. The number of ether oxygens (including phenoxy) is 1. The van der Waals surface area contributed by atoms with Gasteiger partial charge in [-0.1, -0.05) is 26.0 Å². The van der Waals surface area contributed by atoms with Gasteiger partial charge in [0.15, 0.2) is 5.96 Å². The Morgan fingerprint density at radius 2 is 1.88 bits per heavy atom. The van der Waals surface area contributed by atoms with E-state index in [1.54, 1.807) is 7.05 Å². The van der Waals surface area contributed by atoms with Gasteiger partial charge in [0.25, 0.3) is 0 Å². The number of rotatable bonds is 9. The van der Waals surface area contributed by atoms with E-state index in [1.165, 1.54) is 0 Å². The number of halogens is 1. The Morgan fingerprint density at radius 1 is 1.20 bits per heavy atom. The van der Waals surface area contributed by atoms with E-state index in [4.69, 9.17) is 4.74 Å². The van der Waals surface area contributed by atoms with Crippen molar-refractivity contribution in [1.29, 1.82) is 0 Å². The van der Waals surface area contributed by atoms with Crippen LogP contribution >= 0.6 is 24.0 Å². The van der Waals surface area contributed by atoms with Gasteiger partial charge in [-0.2, -0.15) is 0 Å². The molecule has 1 amide bonds. The lowest BCUT2D eigenvalue weighted by Crippen LogP contribution is -2.37. The van der Waals surface area contributed by atoms with Crippen LogP contribution in [0, 0.1) is 5.92 Å². The van der Waals surface area contributed by atoms with Gasteiger partial charge in [0.05, 0.1) is 0 Å². The van der Waals surface area contributed by atoms with Crippen molar-refractivity contribution >= 4 is 41.5 Å². The molecule has 0 aromatic heterocycles. The standard InChI is InChI=1S/C18H30N4O2.HI/c1-5-24-12-6-11-20-18(19-4)21-13-15-7-9-16(10-8-15)22-17(23)14(2)3;/h7-10,14H,5-6,11-13H2,1-4H3,(H,22,23)(H2,19,20,21);1H. The Bertz CT molecular complexity index is 518. The number of carbonyl (C=O) groups excluding carboxylic acids is 1. The van der Waals surface area contributed by atoms with Gasteiger partial charge in [0.1, 0.15) is 0 Å². The maximum atomic E-state index is 11.7. The first kappa shape index (κ1) is 23.6. The Kier molecular flexibility index (Phi) is 13.1. The minimum atomic E-state index is -0.0246. The molecular weight excluding hydrogens is 431 g/mol. The number of guanidine groups is 1. The highest BCUT2D eigenvalue weighted by Gasteiger charge is 2.06. The number of benzene rings is 1. The van der Waals surface area contributed by atoms with Gasteiger partial charge in [-0.15, -0.1) is 24.0 Å². The number of hydrogen-bond donors (Lipinski definition) is 3. The van der Waals surface area contributed by atoms with E-state index < -0.39 is 0 Å². The zero-order valence-electron chi connectivity index (χ0n) is 15.6. The molecule has 6 nitrogen and oxygen atoms in total. The molecule has 0 heterocycles. The van der Waals surface area contributed by atoms with Gasteiger partial charge in [0.2, 0.25) is 5.91 Å². The van der Waals surface area contributed by atoms with Crippen LogP contribution < -0.4 is 16.0 Å². The summed E-state index contributed by atoms with van der Waals surface area (Å²) < 4.78 is 5.30. The highest BCUT2D eigenvalue weighted by molar-refractivity contribution is 14.0. The molecule has 0 spiro atoms. The zero-order chi connectivity index (χ0) is 17.8. The smallest absolute Gasteiger partial charge is 0.226 e. The number of aliphatic imine (C=N–C) groups is 1. The van der Waals surface area contributed by atoms with Gasteiger partial charge >= 0.3 is 0 Å². The molecule has 142 valence electrons. The SMILES string of the molecule is CCOCCCNC(=NC)NCc1ccc(NC(=O)C(C)C)cc1.I. The average Bonchev–Trinajstić information content (AvgIpc) is 2.58. The summed E-state index contributed by atoms with van der Waals surface area (Å²) in [5, 5.41) is 9.40. The van der Waals surface area contributed by atoms with Crippen LogP contribution in [0.15, 0.2) is 29.3 Å². The first-order valence-electron chi connectivity index (χ1n) is 8.48. The first-order valence-corrected chi connectivity index (χ1v) is 8.48. The predicted molar refractivity (Wildman–Crippen MR) is 115 cm³/mol. The van der Waals surface area contributed by atoms with Crippen molar-refractivity contribution in [2.75, 3.05) is 32.1 Å². The fourth-order valence-electron chi connectivity index (χ4n) is 1.92. The summed E-state index contributed by atoms with van der Waals surface area (Å²) in [4.78, 5) is 15.9. The van der Waals surface area contributed by atoms with Crippen LogP contribution in [0.25, 0.3) is 0 Å². The van der Waals surface area contributed by atoms with Crippen molar-refractivity contribution < 1.29 is 9.53 Å². The van der Waals surface area contributed by atoms with E-state index in [0.717, 1.165) is 43.4 Å². The number of carbonyl (C=O) groups is 1. The Hall–Kier alpha value is -1.35. The van der Waals surface area contributed by atoms with Crippen LogP contribution in [-0.2, 0) is 16.1 Å². The molecule has 1 aromatic carbocycles. The molecule has 0 bridgehead atoms. The second-order valence-electron chi connectivity index (χ2n) is 5.74. The fraction of sp³-hybridized carbons (Fsp3) is 0.556. The maximum Gasteiger partial charge on any atom is 0.226 e. The van der Waals surface area contributed by atoms with Gasteiger partial charge in [-0.05, 0) is 31.0 Å². The minimum absolute atomic E-state index is 0. The summed E-state index contributed by atoms with van der Waals surface area (Å²) in [6, 6.07) is 7.81. The van der Waals surface area contributed by atoms with Crippen molar-refractivity contribution in [2.45, 2.75) is 33.7 Å². The summed E-state index contributed by atoms with van der Waals surface area (Å²) in [5.74, 6) is 0.768. The quantitative estimate of drug-likeness (QED) is 0.228. The second kappa shape index (κ2) is 13.9. The van der Waals surface area contributed by atoms with Gasteiger partial charge in [-0.25, -0.2) is 0 Å². The lowest BCUT2D eigenvalue weighted by atomic mass is 10.1. The summed E-state index contributed by atoms with van der Waals surface area (Å²) in [6.45, 7) is 8.74. The topological polar surface area (TPSA) is 74.8 Å². The van der Waals surface area contributed by atoms with Crippen LogP contribution in [0.2, 0.25) is 0 Å². The van der Waals surface area contributed by atoms with Gasteiger partial charge in [-0.3, -0.25) is 9.79 Å².